The summed E-state index contributed by atoms with van der Waals surface area (Å²) in [6.45, 7) is 3.11. The minimum atomic E-state index is -1.27. The van der Waals surface area contributed by atoms with Gasteiger partial charge in [0.1, 0.15) is 0 Å². The number of imide groups is 1. The van der Waals surface area contributed by atoms with Crippen LogP contribution in [0.25, 0.3) is 0 Å². The van der Waals surface area contributed by atoms with E-state index in [0.29, 0.717) is 0 Å². The van der Waals surface area contributed by atoms with Gasteiger partial charge in [0.2, 0.25) is 0 Å². The zero-order chi connectivity index (χ0) is 15.0. The normalized spacial score (nSPS) is 9.40. The molecule has 0 aromatic carbocycles. The van der Waals surface area contributed by atoms with Gasteiger partial charge < -0.3 is 15.2 Å². The van der Waals surface area contributed by atoms with Crippen LogP contribution in [0.15, 0.2) is 31.0 Å². The third-order valence-corrected chi connectivity index (χ3v) is 1.99. The van der Waals surface area contributed by atoms with Crippen LogP contribution in [0.1, 0.15) is 10.5 Å². The Morgan fingerprint density at radius 1 is 1.45 bits per heavy atom. The number of pyridine rings is 1. The third-order valence-electron chi connectivity index (χ3n) is 1.99. The number of hydrogen-bond acceptors (Lipinski definition) is 5. The van der Waals surface area contributed by atoms with E-state index in [1.807, 2.05) is 5.32 Å². The first-order valence-electron chi connectivity index (χ1n) is 5.54. The Morgan fingerprint density at radius 3 is 2.85 bits per heavy atom. The Morgan fingerprint density at radius 2 is 2.20 bits per heavy atom. The van der Waals surface area contributed by atoms with Gasteiger partial charge in [0.05, 0.1) is 0 Å². The topological polar surface area (TPSA) is 118 Å². The number of urea groups is 1. The van der Waals surface area contributed by atoms with E-state index in [9.17, 15) is 14.4 Å². The molecule has 0 aliphatic carbocycles. The van der Waals surface area contributed by atoms with Crippen molar-refractivity contribution in [1.82, 2.24) is 15.6 Å². The lowest BCUT2D eigenvalue weighted by Crippen LogP contribution is -2.41. The number of ether oxygens (including phenoxy) is 1. The number of nitrogens with zero attached hydrogens (tertiary/aromatic N) is 1. The van der Waals surface area contributed by atoms with Crippen LogP contribution in [0.3, 0.4) is 0 Å². The smallest absolute Gasteiger partial charge is 0.358 e. The maximum absolute atomic E-state index is 11.4. The zero-order valence-electron chi connectivity index (χ0n) is 10.5. The van der Waals surface area contributed by atoms with Gasteiger partial charge in [-0.1, -0.05) is 6.08 Å². The van der Waals surface area contributed by atoms with Gasteiger partial charge in [-0.05, 0) is 12.1 Å². The molecule has 1 aromatic heterocycles. The lowest BCUT2D eigenvalue weighted by atomic mass is 10.3. The third kappa shape index (κ3) is 4.77. The molecular formula is C12H13N3O5. The van der Waals surface area contributed by atoms with Crippen molar-refractivity contribution < 1.29 is 24.2 Å². The summed E-state index contributed by atoms with van der Waals surface area (Å²) in [6, 6.07) is 2.14. The molecule has 1 aromatic rings. The fourth-order valence-electron chi connectivity index (χ4n) is 1.18. The van der Waals surface area contributed by atoms with Gasteiger partial charge in [-0.3, -0.25) is 10.1 Å². The maximum Gasteiger partial charge on any atom is 0.358 e. The van der Waals surface area contributed by atoms with Gasteiger partial charge in [0, 0.05) is 12.7 Å². The molecule has 0 radical (unpaired) electrons. The second kappa shape index (κ2) is 7.52. The highest BCUT2D eigenvalue weighted by Gasteiger charge is 2.14. The molecule has 0 atom stereocenters. The van der Waals surface area contributed by atoms with Crippen LogP contribution in [0.4, 0.5) is 4.79 Å². The van der Waals surface area contributed by atoms with Crippen molar-refractivity contribution in [2.45, 2.75) is 0 Å². The number of aromatic carboxylic acids is 1. The number of hydrogen-bond donors (Lipinski definition) is 3. The van der Waals surface area contributed by atoms with Crippen molar-refractivity contribution in [3.8, 4) is 5.75 Å². The van der Waals surface area contributed by atoms with Crippen molar-refractivity contribution in [2.75, 3.05) is 13.2 Å². The fourth-order valence-corrected chi connectivity index (χ4v) is 1.18. The average Bonchev–Trinajstić information content (AvgIpc) is 2.43. The van der Waals surface area contributed by atoms with E-state index < -0.39 is 24.5 Å². The molecule has 3 N–H and O–H groups in total. The van der Waals surface area contributed by atoms with Crippen LogP contribution in [0.2, 0.25) is 0 Å². The number of carboxylic acid groups (broad SMARTS) is 1. The van der Waals surface area contributed by atoms with Crippen LogP contribution < -0.4 is 15.4 Å². The fraction of sp³-hybridized carbons (Fsp3) is 0.167. The molecule has 0 fully saturated rings. The van der Waals surface area contributed by atoms with E-state index in [0.717, 1.165) is 0 Å². The molecule has 1 rings (SSSR count). The zero-order valence-corrected chi connectivity index (χ0v) is 10.5. The molecule has 0 aliphatic heterocycles. The van der Waals surface area contributed by atoms with Gasteiger partial charge in [0.25, 0.3) is 5.91 Å². The number of aromatic nitrogens is 1. The Kier molecular flexibility index (Phi) is 5.70. The van der Waals surface area contributed by atoms with Gasteiger partial charge in [-0.15, -0.1) is 6.58 Å². The number of amides is 3. The van der Waals surface area contributed by atoms with Crippen molar-refractivity contribution in [1.29, 1.82) is 0 Å². The quantitative estimate of drug-likeness (QED) is 0.639. The monoisotopic (exact) mass is 279 g/mol. The minimum Gasteiger partial charge on any atom is -0.481 e. The number of carboxylic acids is 1. The van der Waals surface area contributed by atoms with Crippen LogP contribution in [-0.2, 0) is 4.79 Å². The first-order chi connectivity index (χ1) is 9.54. The van der Waals surface area contributed by atoms with E-state index >= 15 is 0 Å². The van der Waals surface area contributed by atoms with Crippen molar-refractivity contribution in [3.05, 3.63) is 36.7 Å². The SMILES string of the molecule is C=CCNC(=O)NC(=O)COc1cccnc1C(=O)O. The molecule has 0 saturated carbocycles. The van der Waals surface area contributed by atoms with Crippen LogP contribution in [0.5, 0.6) is 5.75 Å². The highest BCUT2D eigenvalue weighted by Crippen LogP contribution is 2.14. The van der Waals surface area contributed by atoms with E-state index in [1.165, 1.54) is 24.4 Å². The molecule has 20 heavy (non-hydrogen) atoms. The minimum absolute atomic E-state index is 0.0540. The number of carbonyl (C=O) groups is 3. The predicted octanol–water partition coefficient (Wildman–Crippen LogP) is 0.170. The predicted molar refractivity (Wildman–Crippen MR) is 68.4 cm³/mol. The molecule has 0 aliphatic rings. The second-order valence-electron chi connectivity index (χ2n) is 3.49. The molecule has 0 bridgehead atoms. The van der Waals surface area contributed by atoms with E-state index in [1.54, 1.807) is 0 Å². The summed E-state index contributed by atoms with van der Waals surface area (Å²) in [5, 5.41) is 13.2. The van der Waals surface area contributed by atoms with Crippen LogP contribution in [0, 0.1) is 0 Å². The van der Waals surface area contributed by atoms with Crippen LogP contribution >= 0.6 is 0 Å². The highest BCUT2D eigenvalue weighted by atomic mass is 16.5. The van der Waals surface area contributed by atoms with Crippen molar-refractivity contribution in [2.24, 2.45) is 0 Å². The molecule has 0 unspecified atom stereocenters. The first kappa shape index (κ1) is 15.2. The Labute approximate surface area is 114 Å². The summed E-state index contributed by atoms with van der Waals surface area (Å²) in [6.07, 6.45) is 2.74. The summed E-state index contributed by atoms with van der Waals surface area (Å²) < 4.78 is 5.01. The first-order valence-corrected chi connectivity index (χ1v) is 5.54. The number of nitrogens with one attached hydrogen (secondary N) is 2. The average molecular weight is 279 g/mol. The molecule has 8 nitrogen and oxygen atoms in total. The summed E-state index contributed by atoms with van der Waals surface area (Å²) in [7, 11) is 0. The Bertz CT molecular complexity index is 530. The summed E-state index contributed by atoms with van der Waals surface area (Å²) >= 11 is 0. The van der Waals surface area contributed by atoms with Crippen molar-refractivity contribution in [3.63, 3.8) is 0 Å². The Hall–Kier alpha value is -2.90. The van der Waals surface area contributed by atoms with E-state index in [4.69, 9.17) is 9.84 Å². The standard InChI is InChI=1S/C12H13N3O5/c1-2-5-14-12(19)15-9(16)7-20-8-4-3-6-13-10(8)11(17)18/h2-4,6H,1,5,7H2,(H,17,18)(H2,14,15,16,19). The number of carbonyl (C=O) groups excluding carboxylic acids is 2. The summed E-state index contributed by atoms with van der Waals surface area (Å²) in [5.74, 6) is -2.04. The Balaban J connectivity index is 2.51. The summed E-state index contributed by atoms with van der Waals surface area (Å²) in [5.41, 5.74) is -0.309. The molecule has 8 heteroatoms. The largest absolute Gasteiger partial charge is 0.481 e. The number of rotatable bonds is 6. The van der Waals surface area contributed by atoms with Gasteiger partial charge in [-0.2, -0.15) is 0 Å². The van der Waals surface area contributed by atoms with Gasteiger partial charge in [-0.25, -0.2) is 14.6 Å². The molecule has 0 spiro atoms. The lowest BCUT2D eigenvalue weighted by Gasteiger charge is -2.08. The van der Waals surface area contributed by atoms with Gasteiger partial charge in [0.15, 0.2) is 18.1 Å². The lowest BCUT2D eigenvalue weighted by molar-refractivity contribution is -0.122. The maximum atomic E-state index is 11.4. The van der Waals surface area contributed by atoms with E-state index in [-0.39, 0.29) is 18.0 Å². The second-order valence-corrected chi connectivity index (χ2v) is 3.49. The van der Waals surface area contributed by atoms with Crippen LogP contribution in [-0.4, -0.2) is 41.1 Å². The molecule has 106 valence electrons. The molecular weight excluding hydrogens is 266 g/mol. The molecule has 1 heterocycles. The highest BCUT2D eigenvalue weighted by molar-refractivity contribution is 5.95. The van der Waals surface area contributed by atoms with E-state index in [2.05, 4.69) is 16.9 Å². The van der Waals surface area contributed by atoms with Crippen molar-refractivity contribution >= 4 is 17.9 Å². The van der Waals surface area contributed by atoms with Gasteiger partial charge >= 0.3 is 12.0 Å². The summed E-state index contributed by atoms with van der Waals surface area (Å²) in [4.78, 5) is 37.0. The molecule has 3 amide bonds. The molecule has 0 saturated heterocycles.